The van der Waals surface area contributed by atoms with Crippen LogP contribution in [0.25, 0.3) is 0 Å². The number of quaternary nitrogens is 1. The van der Waals surface area contributed by atoms with Crippen molar-refractivity contribution in [3.8, 4) is 0 Å². The molecule has 6 nitrogen and oxygen atoms in total. The minimum absolute atomic E-state index is 0.604. The van der Waals surface area contributed by atoms with Crippen molar-refractivity contribution >= 4 is 16.0 Å². The molecule has 7 heteroatoms. The summed E-state index contributed by atoms with van der Waals surface area (Å²) in [4.78, 5) is 1.00. The van der Waals surface area contributed by atoms with Crippen molar-refractivity contribution in [2.75, 3.05) is 13.3 Å². The van der Waals surface area contributed by atoms with Crippen LogP contribution in [-0.2, 0) is 10.1 Å². The van der Waals surface area contributed by atoms with Crippen LogP contribution >= 0.6 is 0 Å². The Bertz CT molecular complexity index is 387. The number of hydrogen-bond acceptors (Lipinski definition) is 5. The first-order chi connectivity index (χ1) is 6.75. The van der Waals surface area contributed by atoms with E-state index in [1.54, 1.807) is 0 Å². The van der Waals surface area contributed by atoms with Gasteiger partial charge in [-0.05, 0) is 24.2 Å². The third kappa shape index (κ3) is 6.83. The number of rotatable bonds is 0. The molecule has 15 heavy (non-hydrogen) atoms. The van der Waals surface area contributed by atoms with E-state index in [9.17, 15) is 0 Å². The van der Waals surface area contributed by atoms with Crippen LogP contribution < -0.4 is 4.90 Å². The first-order valence-corrected chi connectivity index (χ1v) is 5.89. The fraction of sp³-hybridized carbons (Fsp3) is 0.375. The van der Waals surface area contributed by atoms with Crippen LogP contribution in [0.1, 0.15) is 6.92 Å². The Balaban J connectivity index is 0.000000336. The number of hydrogen-bond donors (Lipinski definition) is 2. The van der Waals surface area contributed by atoms with Crippen LogP contribution in [0.2, 0.25) is 0 Å². The van der Waals surface area contributed by atoms with Crippen LogP contribution in [0.3, 0.4) is 0 Å². The smallest absolute Gasteiger partial charge is 0.267 e. The van der Waals surface area contributed by atoms with E-state index >= 15 is 0 Å². The number of allylic oxidation sites excluding steroid dienone is 2. The maximum atomic E-state index is 9.08. The van der Waals surface area contributed by atoms with Crippen molar-refractivity contribution < 1.29 is 23.1 Å². The van der Waals surface area contributed by atoms with Crippen molar-refractivity contribution in [2.45, 2.75) is 6.92 Å². The van der Waals surface area contributed by atoms with Gasteiger partial charge in [-0.25, -0.2) is 8.42 Å². The van der Waals surface area contributed by atoms with Crippen molar-refractivity contribution in [1.82, 2.24) is 0 Å². The Morgan fingerprint density at radius 2 is 2.00 bits per heavy atom. The highest BCUT2D eigenvalue weighted by atomic mass is 32.2. The molecule has 1 aliphatic heterocycles. The van der Waals surface area contributed by atoms with Crippen LogP contribution in [0.15, 0.2) is 29.1 Å². The molecule has 1 atom stereocenters. The third-order valence-corrected chi connectivity index (χ3v) is 1.54. The molecule has 0 saturated carbocycles. The van der Waals surface area contributed by atoms with E-state index in [0.29, 0.717) is 12.1 Å². The number of oxime groups is 1. The lowest BCUT2D eigenvalue weighted by molar-refractivity contribution is -0.721. The zero-order chi connectivity index (χ0) is 12.1. The van der Waals surface area contributed by atoms with Gasteiger partial charge in [0.25, 0.3) is 5.84 Å². The maximum absolute atomic E-state index is 9.08. The van der Waals surface area contributed by atoms with E-state index in [0.717, 1.165) is 10.5 Å². The quantitative estimate of drug-likeness (QED) is 0.317. The Morgan fingerprint density at radius 1 is 1.53 bits per heavy atom. The van der Waals surface area contributed by atoms with Crippen LogP contribution in [-0.4, -0.2) is 37.3 Å². The standard InChI is InChI=1S/C7H10N2O.CH4O3S/c1-6-4-3-5-9(2)7(6)8-10;1-5(2,3)4/h3-5,10H,1-2H3;1H3,(H,2,3,4). The number of likely N-dealkylation sites (N-methyl/N-ethyl adjacent to an activating group) is 1. The van der Waals surface area contributed by atoms with Gasteiger partial charge in [0, 0.05) is 11.8 Å². The lowest BCUT2D eigenvalue weighted by atomic mass is 10.2. The minimum Gasteiger partial charge on any atom is -0.748 e. The number of amidine groups is 1. The molecule has 1 aliphatic rings. The average molecular weight is 234 g/mol. The highest BCUT2D eigenvalue weighted by Crippen LogP contribution is 1.94. The van der Waals surface area contributed by atoms with Crippen molar-refractivity contribution in [3.63, 3.8) is 0 Å². The second kappa shape index (κ2) is 5.64. The van der Waals surface area contributed by atoms with Gasteiger partial charge in [-0.1, -0.05) is 0 Å². The molecule has 0 saturated heterocycles. The zero-order valence-corrected chi connectivity index (χ0v) is 9.58. The normalized spacial score (nSPS) is 23.1. The summed E-state index contributed by atoms with van der Waals surface area (Å²) in [5, 5.41) is 11.7. The summed E-state index contributed by atoms with van der Waals surface area (Å²) >= 11 is 0. The fourth-order valence-corrected chi connectivity index (χ4v) is 0.963. The van der Waals surface area contributed by atoms with Gasteiger partial charge in [0.2, 0.25) is 0 Å². The molecule has 1 rings (SSSR count). The lowest BCUT2D eigenvalue weighted by Crippen LogP contribution is -3.07. The van der Waals surface area contributed by atoms with Gasteiger partial charge in [-0.15, -0.1) is 0 Å². The molecule has 86 valence electrons. The molecule has 0 radical (unpaired) electrons. The van der Waals surface area contributed by atoms with E-state index in [1.165, 1.54) is 0 Å². The van der Waals surface area contributed by atoms with Gasteiger partial charge in [0.15, 0.2) is 0 Å². The Hall–Kier alpha value is -1.18. The van der Waals surface area contributed by atoms with E-state index in [-0.39, 0.29) is 0 Å². The van der Waals surface area contributed by atoms with Gasteiger partial charge >= 0.3 is 0 Å². The summed E-state index contributed by atoms with van der Waals surface area (Å²) in [6.07, 6.45) is 6.39. The van der Waals surface area contributed by atoms with Crippen molar-refractivity contribution in [3.05, 3.63) is 23.9 Å². The number of nitrogens with zero attached hydrogens (tertiary/aromatic N) is 1. The summed E-state index contributed by atoms with van der Waals surface area (Å²) in [6, 6.07) is 0. The molecule has 0 aromatic heterocycles. The van der Waals surface area contributed by atoms with Gasteiger partial charge < -0.3 is 9.76 Å². The molecular formula is C8H14N2O4S. The van der Waals surface area contributed by atoms with E-state index in [1.807, 2.05) is 32.3 Å². The number of nitrogens with one attached hydrogen (secondary N) is 1. The molecule has 0 fully saturated rings. The molecule has 2 N–H and O–H groups in total. The molecular weight excluding hydrogens is 220 g/mol. The molecule has 0 spiro atoms. The largest absolute Gasteiger partial charge is 0.748 e. The summed E-state index contributed by atoms with van der Waals surface area (Å²) < 4.78 is 27.2. The van der Waals surface area contributed by atoms with E-state index in [2.05, 4.69) is 5.16 Å². The topological polar surface area (TPSA) is 94.2 Å². The molecule has 0 amide bonds. The van der Waals surface area contributed by atoms with Crippen molar-refractivity contribution in [1.29, 1.82) is 0 Å². The van der Waals surface area contributed by atoms with Gasteiger partial charge in [0.1, 0.15) is 6.20 Å². The van der Waals surface area contributed by atoms with Gasteiger partial charge in [0.05, 0.1) is 17.2 Å². The first-order valence-electron chi connectivity index (χ1n) is 4.08. The second-order valence-electron chi connectivity index (χ2n) is 3.04. The summed E-state index contributed by atoms with van der Waals surface area (Å²) in [6.45, 7) is 1.92. The minimum atomic E-state index is -3.92. The average Bonchev–Trinajstić information content (AvgIpc) is 2.01. The zero-order valence-electron chi connectivity index (χ0n) is 8.76. The molecule has 1 heterocycles. The summed E-state index contributed by atoms with van der Waals surface area (Å²) in [5.41, 5.74) is 1.00. The van der Waals surface area contributed by atoms with E-state index in [4.69, 9.17) is 18.2 Å². The molecule has 1 unspecified atom stereocenters. The SMILES string of the molecule is CC1=CC=C[NH+](C)C1=NO.CS(=O)(=O)[O-]. The van der Waals surface area contributed by atoms with E-state index < -0.39 is 10.1 Å². The molecule has 0 aromatic carbocycles. The molecule has 0 aromatic rings. The summed E-state index contributed by atoms with van der Waals surface area (Å²) in [5.74, 6) is 0.683. The van der Waals surface area contributed by atoms with Crippen LogP contribution in [0.5, 0.6) is 0 Å². The maximum Gasteiger partial charge on any atom is 0.267 e. The monoisotopic (exact) mass is 234 g/mol. The summed E-state index contributed by atoms with van der Waals surface area (Å²) in [7, 11) is -2.00. The third-order valence-electron chi connectivity index (χ3n) is 1.54. The highest BCUT2D eigenvalue weighted by Gasteiger charge is 2.14. The van der Waals surface area contributed by atoms with Crippen molar-refractivity contribution in [2.24, 2.45) is 5.16 Å². The Morgan fingerprint density at radius 3 is 2.27 bits per heavy atom. The fourth-order valence-electron chi connectivity index (χ4n) is 0.963. The molecule has 0 aliphatic carbocycles. The van der Waals surface area contributed by atoms with Gasteiger partial charge in [-0.2, -0.15) is 0 Å². The highest BCUT2D eigenvalue weighted by molar-refractivity contribution is 7.84. The van der Waals surface area contributed by atoms with Crippen LogP contribution in [0.4, 0.5) is 0 Å². The lowest BCUT2D eigenvalue weighted by Gasteiger charge is -2.11. The Labute approximate surface area is 88.9 Å². The Kier molecular flexibility index (Phi) is 5.20. The predicted octanol–water partition coefficient (Wildman–Crippen LogP) is -1.08. The first kappa shape index (κ1) is 13.8. The molecule has 0 bridgehead atoms. The second-order valence-corrected chi connectivity index (χ2v) is 4.45. The van der Waals surface area contributed by atoms with Gasteiger partial charge in [-0.3, -0.25) is 4.90 Å². The predicted molar refractivity (Wildman–Crippen MR) is 54.6 cm³/mol. The van der Waals surface area contributed by atoms with Crippen LogP contribution in [0, 0.1) is 0 Å².